The fraction of sp³-hybridized carbons (Fsp3) is 0.424. The molecule has 7 nitrogen and oxygen atoms in total. The number of rotatable bonds is 12. The van der Waals surface area contributed by atoms with E-state index >= 15 is 0 Å². The fourth-order valence-corrected chi connectivity index (χ4v) is 5.76. The molecule has 0 aromatic heterocycles. The molecule has 1 saturated heterocycles. The third-order valence-electron chi connectivity index (χ3n) is 7.85. The molecule has 0 bridgehead atoms. The molecule has 0 aliphatic carbocycles. The maximum atomic E-state index is 12.1. The van der Waals surface area contributed by atoms with E-state index in [-0.39, 0.29) is 5.92 Å². The molecule has 4 rings (SSSR count). The Morgan fingerprint density at radius 1 is 1.15 bits per heavy atom. The number of hydrogen-bond donors (Lipinski definition) is 4. The van der Waals surface area contributed by atoms with Gasteiger partial charge < -0.3 is 30.9 Å². The first kappa shape index (κ1) is 29.7. The van der Waals surface area contributed by atoms with Crippen molar-refractivity contribution in [3.8, 4) is 11.1 Å². The lowest BCUT2D eigenvalue weighted by Crippen LogP contribution is -2.46. The number of piperidine rings is 1. The molecule has 214 valence electrons. The number of ether oxygens (including phenoxy) is 2. The number of urea groups is 1. The van der Waals surface area contributed by atoms with E-state index in [0.29, 0.717) is 51.7 Å². The highest BCUT2D eigenvalue weighted by atomic mass is 16.5. The average molecular weight is 546 g/mol. The van der Waals surface area contributed by atoms with Gasteiger partial charge in [0.1, 0.15) is 0 Å². The summed E-state index contributed by atoms with van der Waals surface area (Å²) in [5.74, 6) is 0.268. The summed E-state index contributed by atoms with van der Waals surface area (Å²) in [5, 5.41) is 18.3. The first-order valence-corrected chi connectivity index (χ1v) is 14.1. The van der Waals surface area contributed by atoms with Crippen LogP contribution in [0.5, 0.6) is 0 Å². The van der Waals surface area contributed by atoms with E-state index in [1.165, 1.54) is 0 Å². The lowest BCUT2D eigenvalue weighted by atomic mass is 9.72. The summed E-state index contributed by atoms with van der Waals surface area (Å²) < 4.78 is 11.0. The summed E-state index contributed by atoms with van der Waals surface area (Å²) in [7, 11) is 1.71. The number of aryl methyl sites for hydroxylation is 1. The first-order chi connectivity index (χ1) is 19.3. The number of nitrogens with one attached hydrogen (secondary N) is 2. The van der Waals surface area contributed by atoms with Crippen molar-refractivity contribution >= 4 is 6.03 Å². The second-order valence-corrected chi connectivity index (χ2v) is 11.0. The van der Waals surface area contributed by atoms with Gasteiger partial charge in [-0.2, -0.15) is 0 Å². The highest BCUT2D eigenvalue weighted by Gasteiger charge is 2.41. The highest BCUT2D eigenvalue weighted by Crippen LogP contribution is 2.43. The third-order valence-corrected chi connectivity index (χ3v) is 7.85. The summed E-state index contributed by atoms with van der Waals surface area (Å²) >= 11 is 0. The normalized spacial score (nSPS) is 19.8. The Bertz CT molecular complexity index is 1260. The lowest BCUT2D eigenvalue weighted by molar-refractivity contribution is -0.0156. The summed E-state index contributed by atoms with van der Waals surface area (Å²) in [4.78, 5) is 11.1. The molecule has 3 aromatic rings. The van der Waals surface area contributed by atoms with Crippen LogP contribution in [0.3, 0.4) is 0 Å². The Labute approximate surface area is 238 Å². The molecule has 2 amide bonds. The quantitative estimate of drug-likeness (QED) is 0.265. The Morgan fingerprint density at radius 2 is 1.93 bits per heavy atom. The van der Waals surface area contributed by atoms with Gasteiger partial charge in [-0.05, 0) is 65.3 Å². The molecule has 1 heterocycles. The smallest absolute Gasteiger partial charge is 0.312 e. The van der Waals surface area contributed by atoms with Crippen LogP contribution in [0.2, 0.25) is 0 Å². The van der Waals surface area contributed by atoms with Crippen LogP contribution in [-0.2, 0) is 28.1 Å². The Hall–Kier alpha value is -3.23. The molecule has 1 fully saturated rings. The van der Waals surface area contributed by atoms with Gasteiger partial charge in [-0.25, -0.2) is 4.79 Å². The van der Waals surface area contributed by atoms with Gasteiger partial charge in [-0.3, -0.25) is 0 Å². The van der Waals surface area contributed by atoms with Crippen LogP contribution in [0, 0.1) is 12.8 Å². The zero-order valence-corrected chi connectivity index (χ0v) is 23.9. The van der Waals surface area contributed by atoms with Gasteiger partial charge in [0.25, 0.3) is 0 Å². The van der Waals surface area contributed by atoms with E-state index in [9.17, 15) is 9.90 Å². The van der Waals surface area contributed by atoms with Crippen molar-refractivity contribution in [2.24, 2.45) is 11.7 Å². The van der Waals surface area contributed by atoms with Crippen LogP contribution in [-0.4, -0.2) is 51.1 Å². The van der Waals surface area contributed by atoms with E-state index in [2.05, 4.69) is 79.1 Å². The van der Waals surface area contributed by atoms with Gasteiger partial charge in [-0.15, -0.1) is 0 Å². The lowest BCUT2D eigenvalue weighted by Gasteiger charge is -2.42. The Morgan fingerprint density at radius 3 is 2.65 bits per heavy atom. The molecule has 0 spiro atoms. The molecule has 3 aromatic carbocycles. The van der Waals surface area contributed by atoms with E-state index in [1.807, 2.05) is 12.1 Å². The zero-order valence-electron chi connectivity index (χ0n) is 23.9. The largest absolute Gasteiger partial charge is 0.384 e. The molecular weight excluding hydrogens is 502 g/mol. The summed E-state index contributed by atoms with van der Waals surface area (Å²) in [6.45, 7) is 8.06. The van der Waals surface area contributed by atoms with Gasteiger partial charge in [0.15, 0.2) is 0 Å². The maximum absolute atomic E-state index is 12.1. The van der Waals surface area contributed by atoms with Gasteiger partial charge in [0, 0.05) is 32.0 Å². The highest BCUT2D eigenvalue weighted by molar-refractivity contribution is 5.72. The summed E-state index contributed by atoms with van der Waals surface area (Å²) in [5.41, 5.74) is 12.0. The molecule has 3 atom stereocenters. The van der Waals surface area contributed by atoms with E-state index in [0.717, 1.165) is 45.5 Å². The number of nitrogens with two attached hydrogens (primary N) is 1. The Kier molecular flexibility index (Phi) is 10.3. The average Bonchev–Trinajstić information content (AvgIpc) is 2.94. The topological polar surface area (TPSA) is 106 Å². The van der Waals surface area contributed by atoms with Crippen molar-refractivity contribution in [2.75, 3.05) is 40.0 Å². The molecule has 5 N–H and O–H groups in total. The third kappa shape index (κ3) is 7.29. The minimum Gasteiger partial charge on any atom is -0.384 e. The maximum Gasteiger partial charge on any atom is 0.312 e. The van der Waals surface area contributed by atoms with Crippen molar-refractivity contribution < 1.29 is 19.4 Å². The Balaban J connectivity index is 1.52. The molecule has 7 heteroatoms. The van der Waals surface area contributed by atoms with Gasteiger partial charge >= 0.3 is 6.03 Å². The van der Waals surface area contributed by atoms with Crippen molar-refractivity contribution in [3.05, 3.63) is 94.5 Å². The van der Waals surface area contributed by atoms with Crippen LogP contribution in [0.25, 0.3) is 11.1 Å². The number of primary amides is 1. The van der Waals surface area contributed by atoms with Crippen molar-refractivity contribution in [1.29, 1.82) is 0 Å². The van der Waals surface area contributed by atoms with Gasteiger partial charge in [0.2, 0.25) is 0 Å². The summed E-state index contributed by atoms with van der Waals surface area (Å²) in [6, 6.07) is 22.5. The minimum atomic E-state index is -0.970. The van der Waals surface area contributed by atoms with E-state index in [4.69, 9.17) is 15.2 Å². The predicted molar refractivity (Wildman–Crippen MR) is 159 cm³/mol. The van der Waals surface area contributed by atoms with Crippen LogP contribution >= 0.6 is 0 Å². The summed E-state index contributed by atoms with van der Waals surface area (Å²) in [6.07, 6.45) is 1.33. The van der Waals surface area contributed by atoms with E-state index in [1.54, 1.807) is 7.11 Å². The SMILES string of the molecule is COC[C@H](C)COCc1ccc([C@@]2(O)CCNC[C@@H]2c2ccc(-c3ccccc3CCNC(N)=O)cc2C)cc1. The van der Waals surface area contributed by atoms with E-state index < -0.39 is 11.6 Å². The second kappa shape index (κ2) is 13.9. The molecular formula is C33H43N3O4. The van der Waals surface area contributed by atoms with Crippen LogP contribution in [0.4, 0.5) is 4.79 Å². The number of aliphatic hydroxyl groups is 1. The van der Waals surface area contributed by atoms with Crippen LogP contribution in [0.15, 0.2) is 66.7 Å². The van der Waals surface area contributed by atoms with Crippen molar-refractivity contribution in [2.45, 2.75) is 44.8 Å². The molecule has 1 aliphatic rings. The standard InChI is InChI=1S/C33H43N3O4/c1-23(20-39-3)21-40-22-25-8-11-28(12-9-25)33(38)15-17-35-19-31(33)29-13-10-27(18-24(29)2)30-7-5-4-6-26(30)14-16-36-32(34)37/h4-13,18,23,31,35,38H,14-17,19-22H2,1-3H3,(H3,34,36,37)/t23-,31+,33-/m0/s1. The first-order valence-electron chi connectivity index (χ1n) is 14.1. The minimum absolute atomic E-state index is 0.0812. The fourth-order valence-electron chi connectivity index (χ4n) is 5.76. The van der Waals surface area contributed by atoms with Crippen LogP contribution < -0.4 is 16.4 Å². The number of amides is 2. The second-order valence-electron chi connectivity index (χ2n) is 11.0. The predicted octanol–water partition coefficient (Wildman–Crippen LogP) is 4.64. The number of methoxy groups -OCH3 is 1. The monoisotopic (exact) mass is 545 g/mol. The van der Waals surface area contributed by atoms with Gasteiger partial charge in [-0.1, -0.05) is 73.7 Å². The van der Waals surface area contributed by atoms with Crippen LogP contribution in [0.1, 0.15) is 47.1 Å². The number of benzene rings is 3. The molecule has 1 aliphatic heterocycles. The van der Waals surface area contributed by atoms with Crippen molar-refractivity contribution in [3.63, 3.8) is 0 Å². The molecule has 40 heavy (non-hydrogen) atoms. The number of carbonyl (C=O) groups is 1. The number of hydrogen-bond acceptors (Lipinski definition) is 5. The molecule has 0 unspecified atom stereocenters. The number of carbonyl (C=O) groups excluding carboxylic acids is 1. The van der Waals surface area contributed by atoms with Gasteiger partial charge in [0.05, 0.1) is 25.4 Å². The molecule has 0 saturated carbocycles. The molecule has 0 radical (unpaired) electrons. The zero-order chi connectivity index (χ0) is 28.5. The van der Waals surface area contributed by atoms with Crippen molar-refractivity contribution in [1.82, 2.24) is 10.6 Å².